The molecule has 4 rings (SSSR count). The van der Waals surface area contributed by atoms with Crippen LogP contribution in [0.15, 0.2) is 36.4 Å². The molecule has 0 aromatic heterocycles. The molecule has 0 spiro atoms. The monoisotopic (exact) mass is 422 g/mol. The van der Waals surface area contributed by atoms with Crippen molar-refractivity contribution in [2.45, 2.75) is 51.6 Å². The normalized spacial score (nSPS) is 16.4. The Bertz CT molecular complexity index is 956. The molecule has 2 aliphatic rings. The Morgan fingerprint density at radius 2 is 1.90 bits per heavy atom. The minimum Gasteiger partial charge on any atom is -0.496 e. The summed E-state index contributed by atoms with van der Waals surface area (Å²) >= 11 is 0. The zero-order chi connectivity index (χ0) is 21.8. The third-order valence-corrected chi connectivity index (χ3v) is 6.16. The molecule has 164 valence electrons. The van der Waals surface area contributed by atoms with Crippen LogP contribution in [0.25, 0.3) is 0 Å². The molecule has 6 nitrogen and oxygen atoms in total. The molecule has 0 saturated carbocycles. The van der Waals surface area contributed by atoms with E-state index in [1.54, 1.807) is 7.11 Å². The average molecular weight is 423 g/mol. The fourth-order valence-corrected chi connectivity index (χ4v) is 4.27. The van der Waals surface area contributed by atoms with E-state index in [0.29, 0.717) is 19.4 Å². The van der Waals surface area contributed by atoms with Crippen LogP contribution in [0.5, 0.6) is 11.5 Å². The van der Waals surface area contributed by atoms with E-state index in [4.69, 9.17) is 9.47 Å². The SMILES string of the molecule is COc1cc(CNC(C)c2ccc3c(c2)CCO3)ccc1CCCN1C(=O)CCC1=O. The van der Waals surface area contributed by atoms with Gasteiger partial charge < -0.3 is 14.8 Å². The van der Waals surface area contributed by atoms with Gasteiger partial charge in [0.1, 0.15) is 11.5 Å². The number of hydrogen-bond donors (Lipinski definition) is 1. The lowest BCUT2D eigenvalue weighted by molar-refractivity contribution is -0.138. The van der Waals surface area contributed by atoms with Crippen LogP contribution < -0.4 is 14.8 Å². The van der Waals surface area contributed by atoms with Crippen LogP contribution in [-0.4, -0.2) is 37.0 Å². The van der Waals surface area contributed by atoms with Crippen LogP contribution in [0, 0.1) is 0 Å². The van der Waals surface area contributed by atoms with E-state index in [2.05, 4.69) is 48.6 Å². The summed E-state index contributed by atoms with van der Waals surface area (Å²) in [5.74, 6) is 1.75. The van der Waals surface area contributed by atoms with Gasteiger partial charge in [-0.05, 0) is 54.2 Å². The van der Waals surface area contributed by atoms with E-state index < -0.39 is 0 Å². The lowest BCUT2D eigenvalue weighted by Gasteiger charge is -2.17. The Hall–Kier alpha value is -2.86. The number of benzene rings is 2. The zero-order valence-electron chi connectivity index (χ0n) is 18.3. The van der Waals surface area contributed by atoms with Gasteiger partial charge in [-0.2, -0.15) is 0 Å². The van der Waals surface area contributed by atoms with Gasteiger partial charge in [-0.1, -0.05) is 24.3 Å². The lowest BCUT2D eigenvalue weighted by Crippen LogP contribution is -2.30. The van der Waals surface area contributed by atoms with E-state index in [9.17, 15) is 9.59 Å². The van der Waals surface area contributed by atoms with Gasteiger partial charge in [0.25, 0.3) is 0 Å². The molecule has 0 bridgehead atoms. The summed E-state index contributed by atoms with van der Waals surface area (Å²) in [5, 5.41) is 3.59. The predicted octanol–water partition coefficient (Wildman–Crippen LogP) is 3.56. The average Bonchev–Trinajstić information content (AvgIpc) is 3.38. The number of carbonyl (C=O) groups is 2. The number of nitrogens with one attached hydrogen (secondary N) is 1. The van der Waals surface area contributed by atoms with E-state index in [0.717, 1.165) is 55.0 Å². The number of rotatable bonds is 9. The molecule has 2 aromatic rings. The summed E-state index contributed by atoms with van der Waals surface area (Å²) in [7, 11) is 1.68. The molecule has 1 saturated heterocycles. The summed E-state index contributed by atoms with van der Waals surface area (Å²) in [6.07, 6.45) is 3.18. The zero-order valence-corrected chi connectivity index (χ0v) is 18.3. The third kappa shape index (κ3) is 4.90. The second kappa shape index (κ2) is 9.52. The van der Waals surface area contributed by atoms with Crippen molar-refractivity contribution in [1.29, 1.82) is 0 Å². The highest BCUT2D eigenvalue weighted by atomic mass is 16.5. The summed E-state index contributed by atoms with van der Waals surface area (Å²) < 4.78 is 11.2. The van der Waals surface area contributed by atoms with Crippen LogP contribution in [0.1, 0.15) is 54.5 Å². The first kappa shape index (κ1) is 21.4. The predicted molar refractivity (Wildman–Crippen MR) is 118 cm³/mol. The number of amides is 2. The maximum absolute atomic E-state index is 11.7. The van der Waals surface area contributed by atoms with Gasteiger partial charge in [0.2, 0.25) is 11.8 Å². The van der Waals surface area contributed by atoms with Gasteiger partial charge in [0.15, 0.2) is 0 Å². The van der Waals surface area contributed by atoms with Crippen molar-refractivity contribution >= 4 is 11.8 Å². The molecule has 31 heavy (non-hydrogen) atoms. The summed E-state index contributed by atoms with van der Waals surface area (Å²) in [6.45, 7) is 4.16. The second-order valence-electron chi connectivity index (χ2n) is 8.26. The molecular formula is C25H30N2O4. The minimum atomic E-state index is -0.0524. The van der Waals surface area contributed by atoms with Crippen molar-refractivity contribution in [3.05, 3.63) is 58.7 Å². The third-order valence-electron chi connectivity index (χ3n) is 6.16. The molecule has 1 unspecified atom stereocenters. The largest absolute Gasteiger partial charge is 0.496 e. The quantitative estimate of drug-likeness (QED) is 0.626. The molecular weight excluding hydrogens is 392 g/mol. The van der Waals surface area contributed by atoms with Crippen molar-refractivity contribution in [3.63, 3.8) is 0 Å². The maximum atomic E-state index is 11.7. The van der Waals surface area contributed by atoms with Crippen LogP contribution in [0.2, 0.25) is 0 Å². The molecule has 0 aliphatic carbocycles. The van der Waals surface area contributed by atoms with Gasteiger partial charge in [-0.15, -0.1) is 0 Å². The molecule has 2 heterocycles. The number of nitrogens with zero attached hydrogens (tertiary/aromatic N) is 1. The van der Waals surface area contributed by atoms with Gasteiger partial charge >= 0.3 is 0 Å². The Morgan fingerprint density at radius 3 is 2.68 bits per heavy atom. The van der Waals surface area contributed by atoms with Gasteiger partial charge in [-0.3, -0.25) is 14.5 Å². The van der Waals surface area contributed by atoms with Crippen LogP contribution >= 0.6 is 0 Å². The number of aryl methyl sites for hydroxylation is 1. The molecule has 2 aliphatic heterocycles. The fourth-order valence-electron chi connectivity index (χ4n) is 4.27. The first-order valence-corrected chi connectivity index (χ1v) is 11.0. The van der Waals surface area contributed by atoms with E-state index >= 15 is 0 Å². The summed E-state index contributed by atoms with van der Waals surface area (Å²) in [4.78, 5) is 24.9. The minimum absolute atomic E-state index is 0.0524. The molecule has 2 aromatic carbocycles. The Labute approximate surface area is 183 Å². The number of ether oxygens (including phenoxy) is 2. The van der Waals surface area contributed by atoms with Crippen LogP contribution in [0.3, 0.4) is 0 Å². The Balaban J connectivity index is 1.32. The van der Waals surface area contributed by atoms with Crippen molar-refractivity contribution in [3.8, 4) is 11.5 Å². The number of fused-ring (bicyclic) bond motifs is 1. The second-order valence-corrected chi connectivity index (χ2v) is 8.26. The number of imide groups is 1. The molecule has 6 heteroatoms. The molecule has 2 amide bonds. The molecule has 0 radical (unpaired) electrons. The molecule has 1 N–H and O–H groups in total. The smallest absolute Gasteiger partial charge is 0.229 e. The number of carbonyl (C=O) groups excluding carboxylic acids is 2. The molecule has 1 atom stereocenters. The van der Waals surface area contributed by atoms with Crippen molar-refractivity contribution in [1.82, 2.24) is 10.2 Å². The number of hydrogen-bond acceptors (Lipinski definition) is 5. The highest BCUT2D eigenvalue weighted by Gasteiger charge is 2.28. The highest BCUT2D eigenvalue weighted by molar-refractivity contribution is 6.01. The summed E-state index contributed by atoms with van der Waals surface area (Å²) in [6, 6.07) is 12.9. The lowest BCUT2D eigenvalue weighted by atomic mass is 10.0. The van der Waals surface area contributed by atoms with Gasteiger partial charge in [0, 0.05) is 38.4 Å². The highest BCUT2D eigenvalue weighted by Crippen LogP contribution is 2.28. The van der Waals surface area contributed by atoms with Gasteiger partial charge in [0.05, 0.1) is 13.7 Å². The molecule has 1 fully saturated rings. The van der Waals surface area contributed by atoms with Crippen LogP contribution in [0.4, 0.5) is 0 Å². The first-order valence-electron chi connectivity index (χ1n) is 11.0. The summed E-state index contributed by atoms with van der Waals surface area (Å²) in [5.41, 5.74) is 4.80. The van der Waals surface area contributed by atoms with Crippen molar-refractivity contribution < 1.29 is 19.1 Å². The van der Waals surface area contributed by atoms with E-state index in [-0.39, 0.29) is 17.9 Å². The van der Waals surface area contributed by atoms with Crippen LogP contribution in [-0.2, 0) is 29.0 Å². The standard InChI is InChI=1S/C25H30N2O4/c1-17(20-7-8-22-21(15-20)11-13-31-22)26-16-18-5-6-19(23(14-18)30-2)4-3-12-27-24(28)9-10-25(27)29/h5-8,14-15,17,26H,3-4,9-13,16H2,1-2H3. The van der Waals surface area contributed by atoms with E-state index in [1.807, 2.05) is 0 Å². The Morgan fingerprint density at radius 1 is 1.10 bits per heavy atom. The Kier molecular flexibility index (Phi) is 6.56. The fraction of sp³-hybridized carbons (Fsp3) is 0.440. The first-order chi connectivity index (χ1) is 15.0. The van der Waals surface area contributed by atoms with E-state index in [1.165, 1.54) is 16.0 Å². The number of methoxy groups -OCH3 is 1. The van der Waals surface area contributed by atoms with Gasteiger partial charge in [-0.25, -0.2) is 0 Å². The maximum Gasteiger partial charge on any atom is 0.229 e. The topological polar surface area (TPSA) is 67.9 Å². The number of likely N-dealkylation sites (tertiary alicyclic amines) is 1. The van der Waals surface area contributed by atoms with Crippen molar-refractivity contribution in [2.24, 2.45) is 0 Å². The van der Waals surface area contributed by atoms with Crippen molar-refractivity contribution in [2.75, 3.05) is 20.3 Å².